The Balaban J connectivity index is 2.16. The van der Waals surface area contributed by atoms with Gasteiger partial charge in [0.1, 0.15) is 5.52 Å². The van der Waals surface area contributed by atoms with Crippen molar-refractivity contribution in [2.24, 2.45) is 0 Å². The molecule has 0 saturated heterocycles. The number of hydrogen-bond acceptors (Lipinski definition) is 5. The summed E-state index contributed by atoms with van der Waals surface area (Å²) in [5.41, 5.74) is 2.00. The topological polar surface area (TPSA) is 97.6 Å². The number of aromatic nitrogens is 3. The Kier molecular flexibility index (Phi) is 4.16. The van der Waals surface area contributed by atoms with Gasteiger partial charge in [0.15, 0.2) is 0 Å². The van der Waals surface area contributed by atoms with Crippen LogP contribution in [0.25, 0.3) is 16.7 Å². The SMILES string of the molecule is N#C/C=C(\c1ccc([N+](=O)[O-])cc1)n1nnc2cc(Cl)c(Cl)cc21. The summed E-state index contributed by atoms with van der Waals surface area (Å²) >= 11 is 12.0. The van der Waals surface area contributed by atoms with Gasteiger partial charge in [-0.3, -0.25) is 10.1 Å². The van der Waals surface area contributed by atoms with Crippen molar-refractivity contribution >= 4 is 45.6 Å². The van der Waals surface area contributed by atoms with Gasteiger partial charge in [-0.2, -0.15) is 5.26 Å². The van der Waals surface area contributed by atoms with Gasteiger partial charge in [0.25, 0.3) is 5.69 Å². The second-order valence-corrected chi connectivity index (χ2v) is 5.53. The Morgan fingerprint density at radius 2 is 1.92 bits per heavy atom. The van der Waals surface area contributed by atoms with E-state index in [-0.39, 0.29) is 5.69 Å². The van der Waals surface area contributed by atoms with Gasteiger partial charge in [0.05, 0.1) is 32.3 Å². The summed E-state index contributed by atoms with van der Waals surface area (Å²) in [5.74, 6) is 0. The smallest absolute Gasteiger partial charge is 0.258 e. The summed E-state index contributed by atoms with van der Waals surface area (Å²) in [4.78, 5) is 10.3. The van der Waals surface area contributed by atoms with Crippen LogP contribution < -0.4 is 0 Å². The van der Waals surface area contributed by atoms with Crippen LogP contribution in [0.5, 0.6) is 0 Å². The zero-order valence-corrected chi connectivity index (χ0v) is 13.4. The number of allylic oxidation sites excluding steroid dienone is 1. The highest BCUT2D eigenvalue weighted by molar-refractivity contribution is 6.42. The first-order valence-corrected chi connectivity index (χ1v) is 7.32. The summed E-state index contributed by atoms with van der Waals surface area (Å²) in [6.07, 6.45) is 1.28. The van der Waals surface area contributed by atoms with Crippen LogP contribution in [0.4, 0.5) is 5.69 Å². The Hall–Kier alpha value is -2.95. The van der Waals surface area contributed by atoms with Crippen molar-refractivity contribution < 1.29 is 4.92 Å². The number of nitro benzene ring substituents is 1. The van der Waals surface area contributed by atoms with Crippen molar-refractivity contribution in [3.63, 3.8) is 0 Å². The Morgan fingerprint density at radius 1 is 1.25 bits per heavy atom. The summed E-state index contributed by atoms with van der Waals surface area (Å²) < 4.78 is 1.43. The largest absolute Gasteiger partial charge is 0.269 e. The third-order valence-electron chi connectivity index (χ3n) is 3.29. The van der Waals surface area contributed by atoms with E-state index in [9.17, 15) is 10.1 Å². The van der Waals surface area contributed by atoms with E-state index in [2.05, 4.69) is 10.3 Å². The quantitative estimate of drug-likeness (QED) is 0.399. The van der Waals surface area contributed by atoms with Crippen molar-refractivity contribution in [3.8, 4) is 6.07 Å². The van der Waals surface area contributed by atoms with Crippen molar-refractivity contribution in [2.75, 3.05) is 0 Å². The molecule has 1 aromatic heterocycles. The van der Waals surface area contributed by atoms with Gasteiger partial charge in [-0.25, -0.2) is 4.68 Å². The predicted octanol–water partition coefficient (Wildman–Crippen LogP) is 4.06. The van der Waals surface area contributed by atoms with E-state index in [1.165, 1.54) is 35.0 Å². The molecule has 0 aliphatic heterocycles. The minimum absolute atomic E-state index is 0.0478. The van der Waals surface area contributed by atoms with Gasteiger partial charge >= 0.3 is 0 Å². The van der Waals surface area contributed by atoms with Gasteiger partial charge in [-0.15, -0.1) is 5.10 Å². The molecular formula is C15H7Cl2N5O2. The van der Waals surface area contributed by atoms with E-state index in [1.807, 2.05) is 6.07 Å². The Bertz CT molecular complexity index is 1020. The molecule has 0 atom stereocenters. The lowest BCUT2D eigenvalue weighted by atomic mass is 10.1. The molecule has 0 saturated carbocycles. The maximum Gasteiger partial charge on any atom is 0.269 e. The van der Waals surface area contributed by atoms with Crippen LogP contribution in [0.3, 0.4) is 0 Å². The van der Waals surface area contributed by atoms with Crippen molar-refractivity contribution in [3.05, 3.63) is 68.2 Å². The minimum atomic E-state index is -0.496. The first-order chi connectivity index (χ1) is 11.5. The average molecular weight is 360 g/mol. The monoisotopic (exact) mass is 359 g/mol. The first kappa shape index (κ1) is 15.9. The zero-order chi connectivity index (χ0) is 17.3. The number of nitro groups is 1. The average Bonchev–Trinajstić information content (AvgIpc) is 2.95. The summed E-state index contributed by atoms with van der Waals surface area (Å²) in [6, 6.07) is 10.9. The molecule has 0 spiro atoms. The van der Waals surface area contributed by atoms with Crippen LogP contribution in [0.1, 0.15) is 5.56 Å². The highest BCUT2D eigenvalue weighted by Gasteiger charge is 2.14. The second-order valence-electron chi connectivity index (χ2n) is 4.72. The van der Waals surface area contributed by atoms with Crippen LogP contribution >= 0.6 is 23.2 Å². The minimum Gasteiger partial charge on any atom is -0.258 e. The van der Waals surface area contributed by atoms with Crippen LogP contribution in [0.2, 0.25) is 10.0 Å². The van der Waals surface area contributed by atoms with Gasteiger partial charge in [-0.1, -0.05) is 28.4 Å². The van der Waals surface area contributed by atoms with Crippen LogP contribution in [-0.2, 0) is 0 Å². The molecule has 3 aromatic rings. The fraction of sp³-hybridized carbons (Fsp3) is 0. The standard InChI is InChI=1S/C15H7Cl2N5O2/c16-11-7-13-15(8-12(11)17)21(20-19-13)14(5-6-18)9-1-3-10(4-2-9)22(23)24/h1-5,7-8H/b14-5+. The van der Waals surface area contributed by atoms with Crippen molar-refractivity contribution in [1.29, 1.82) is 5.26 Å². The Labute approximate surface area is 145 Å². The fourth-order valence-electron chi connectivity index (χ4n) is 2.18. The maximum atomic E-state index is 10.8. The molecule has 7 nitrogen and oxygen atoms in total. The van der Waals surface area contributed by atoms with Crippen LogP contribution in [-0.4, -0.2) is 19.9 Å². The molecular weight excluding hydrogens is 353 g/mol. The molecule has 2 aromatic carbocycles. The first-order valence-electron chi connectivity index (χ1n) is 6.56. The number of hydrogen-bond donors (Lipinski definition) is 0. The van der Waals surface area contributed by atoms with Gasteiger partial charge in [0, 0.05) is 23.8 Å². The number of rotatable bonds is 3. The third-order valence-corrected chi connectivity index (χ3v) is 4.01. The summed E-state index contributed by atoms with van der Waals surface area (Å²) in [7, 11) is 0. The molecule has 0 radical (unpaired) electrons. The highest BCUT2D eigenvalue weighted by atomic mass is 35.5. The van der Waals surface area contributed by atoms with E-state index in [1.54, 1.807) is 12.1 Å². The molecule has 9 heteroatoms. The van der Waals surface area contributed by atoms with E-state index in [0.29, 0.717) is 32.3 Å². The summed E-state index contributed by atoms with van der Waals surface area (Å²) in [6.45, 7) is 0. The second kappa shape index (κ2) is 6.28. The number of nitriles is 1. The molecule has 0 aliphatic carbocycles. The zero-order valence-electron chi connectivity index (χ0n) is 11.8. The number of fused-ring (bicyclic) bond motifs is 1. The van der Waals surface area contributed by atoms with Gasteiger partial charge < -0.3 is 0 Å². The summed E-state index contributed by atoms with van der Waals surface area (Å²) in [5, 5.41) is 28.5. The lowest BCUT2D eigenvalue weighted by Crippen LogP contribution is -2.01. The lowest BCUT2D eigenvalue weighted by molar-refractivity contribution is -0.384. The fourth-order valence-corrected chi connectivity index (χ4v) is 2.49. The molecule has 0 amide bonds. The lowest BCUT2D eigenvalue weighted by Gasteiger charge is -2.07. The molecule has 0 aliphatic rings. The van der Waals surface area contributed by atoms with Crippen LogP contribution in [0.15, 0.2) is 42.5 Å². The molecule has 0 unspecified atom stereocenters. The molecule has 0 fully saturated rings. The number of benzene rings is 2. The van der Waals surface area contributed by atoms with E-state index >= 15 is 0 Å². The molecule has 1 heterocycles. The van der Waals surface area contributed by atoms with E-state index in [4.69, 9.17) is 28.5 Å². The number of non-ortho nitro benzene ring substituents is 1. The highest BCUT2D eigenvalue weighted by Crippen LogP contribution is 2.29. The number of halogens is 2. The van der Waals surface area contributed by atoms with E-state index in [0.717, 1.165) is 0 Å². The maximum absolute atomic E-state index is 10.8. The van der Waals surface area contributed by atoms with Crippen molar-refractivity contribution in [1.82, 2.24) is 15.0 Å². The van der Waals surface area contributed by atoms with Crippen LogP contribution in [0, 0.1) is 21.4 Å². The van der Waals surface area contributed by atoms with E-state index < -0.39 is 4.92 Å². The molecule has 24 heavy (non-hydrogen) atoms. The molecule has 0 bridgehead atoms. The molecule has 118 valence electrons. The third kappa shape index (κ3) is 2.80. The normalized spacial score (nSPS) is 11.5. The molecule has 3 rings (SSSR count). The number of nitrogens with zero attached hydrogens (tertiary/aromatic N) is 5. The Morgan fingerprint density at radius 3 is 2.54 bits per heavy atom. The van der Waals surface area contributed by atoms with Crippen molar-refractivity contribution in [2.45, 2.75) is 0 Å². The predicted molar refractivity (Wildman–Crippen MR) is 89.6 cm³/mol. The van der Waals surface area contributed by atoms with Gasteiger partial charge in [0.2, 0.25) is 0 Å². The van der Waals surface area contributed by atoms with Gasteiger partial charge in [-0.05, 0) is 24.3 Å². The molecule has 0 N–H and O–H groups in total.